The molecule has 2 aromatic heterocycles. The molecule has 0 bridgehead atoms. The average molecular weight is 427 g/mol. The fourth-order valence-electron chi connectivity index (χ4n) is 2.04. The molecule has 0 saturated carbocycles. The molecule has 2 heterocycles. The molecule has 4 nitrogen and oxygen atoms in total. The van der Waals surface area contributed by atoms with Crippen molar-refractivity contribution in [3.8, 4) is 5.69 Å². The molecule has 0 aliphatic heterocycles. The number of fused-ring (bicyclic) bond motifs is 1. The van der Waals surface area contributed by atoms with Gasteiger partial charge in [0.25, 0.3) is 5.56 Å². The average Bonchev–Trinajstić information content (AvgIpc) is 2.86. The Kier molecular flexibility index (Phi) is 4.01. The van der Waals surface area contributed by atoms with E-state index in [2.05, 4.69) is 27.7 Å². The molecule has 7 heteroatoms. The Labute approximate surface area is 143 Å². The molecule has 106 valence electrons. The summed E-state index contributed by atoms with van der Waals surface area (Å²) >= 11 is 9.35. The highest BCUT2D eigenvalue weighted by molar-refractivity contribution is 14.1. The minimum atomic E-state index is -0.225. The van der Waals surface area contributed by atoms with Gasteiger partial charge in [0.1, 0.15) is 0 Å². The third kappa shape index (κ3) is 2.58. The van der Waals surface area contributed by atoms with Gasteiger partial charge in [-0.05, 0) is 34.4 Å². The fourth-order valence-corrected chi connectivity index (χ4v) is 3.30. The number of anilines is 1. The van der Waals surface area contributed by atoms with Gasteiger partial charge >= 0.3 is 0 Å². The van der Waals surface area contributed by atoms with Crippen LogP contribution in [0.2, 0.25) is 5.02 Å². The van der Waals surface area contributed by atoms with Crippen LogP contribution in [0, 0.1) is 0 Å². The predicted molar refractivity (Wildman–Crippen MR) is 97.7 cm³/mol. The molecular weight excluding hydrogens is 418 g/mol. The molecule has 0 saturated heterocycles. The number of nitrogens with zero attached hydrogens (tertiary/aromatic N) is 2. The van der Waals surface area contributed by atoms with Crippen LogP contribution in [0.15, 0.2) is 38.5 Å². The van der Waals surface area contributed by atoms with E-state index in [1.54, 1.807) is 24.3 Å². The van der Waals surface area contributed by atoms with E-state index in [4.69, 9.17) is 17.3 Å². The Balaban J connectivity index is 2.37. The zero-order valence-electron chi connectivity index (χ0n) is 10.6. The van der Waals surface area contributed by atoms with E-state index in [9.17, 15) is 4.79 Å². The summed E-state index contributed by atoms with van der Waals surface area (Å²) in [6.45, 7) is 0. The zero-order chi connectivity index (χ0) is 15.0. The van der Waals surface area contributed by atoms with Crippen LogP contribution in [-0.2, 0) is 0 Å². The van der Waals surface area contributed by atoms with Crippen LogP contribution in [0.1, 0.15) is 5.69 Å². The van der Waals surface area contributed by atoms with E-state index in [1.165, 1.54) is 16.0 Å². The molecule has 3 rings (SSSR count). The maximum atomic E-state index is 12.6. The van der Waals surface area contributed by atoms with Crippen LogP contribution in [-0.4, -0.2) is 9.78 Å². The maximum Gasteiger partial charge on any atom is 0.282 e. The van der Waals surface area contributed by atoms with Crippen LogP contribution in [0.3, 0.4) is 0 Å². The molecule has 2 N–H and O–H groups in total. The number of nitrogens with two attached hydrogens (primary N) is 1. The first kappa shape index (κ1) is 14.6. The molecule has 0 spiro atoms. The number of aromatic nitrogens is 2. The number of halogens is 2. The van der Waals surface area contributed by atoms with Crippen molar-refractivity contribution in [2.45, 2.75) is 0 Å². The fraction of sp³-hybridized carbons (Fsp3) is 0. The van der Waals surface area contributed by atoms with Gasteiger partial charge in [0.2, 0.25) is 0 Å². The van der Waals surface area contributed by atoms with E-state index >= 15 is 0 Å². The van der Waals surface area contributed by atoms with E-state index in [0.29, 0.717) is 26.8 Å². The summed E-state index contributed by atoms with van der Waals surface area (Å²) in [7, 11) is 0. The maximum absolute atomic E-state index is 12.6. The van der Waals surface area contributed by atoms with Crippen molar-refractivity contribution in [3.63, 3.8) is 0 Å². The van der Waals surface area contributed by atoms with Gasteiger partial charge in [0.15, 0.2) is 0 Å². The van der Waals surface area contributed by atoms with E-state index in [0.717, 1.165) is 5.39 Å². The SMILES string of the molecule is Nc1scc2c(/C=C/[124I])nn(-c3ccc(Cl)cc3)c(=O)c12. The van der Waals surface area contributed by atoms with Crippen molar-refractivity contribution in [2.75, 3.05) is 5.73 Å². The van der Waals surface area contributed by atoms with Gasteiger partial charge in [-0.25, -0.2) is 0 Å². The number of rotatable bonds is 2. The molecule has 0 aliphatic rings. The second-order valence-corrected chi connectivity index (χ2v) is 6.33. The van der Waals surface area contributed by atoms with Crippen LogP contribution in [0.5, 0.6) is 0 Å². The van der Waals surface area contributed by atoms with Crippen LogP contribution >= 0.6 is 45.5 Å². The molecule has 0 fully saturated rings. The minimum absolute atomic E-state index is 0.225. The monoisotopic (exact) mass is 426 g/mol. The summed E-state index contributed by atoms with van der Waals surface area (Å²) in [6.07, 6.45) is 1.85. The summed E-state index contributed by atoms with van der Waals surface area (Å²) in [4.78, 5) is 12.6. The Morgan fingerprint density at radius 3 is 2.71 bits per heavy atom. The molecule has 0 radical (unpaired) electrons. The van der Waals surface area contributed by atoms with Gasteiger partial charge in [0.05, 0.1) is 21.8 Å². The number of hydrogen-bond donors (Lipinski definition) is 1. The van der Waals surface area contributed by atoms with Crippen molar-refractivity contribution < 1.29 is 0 Å². The van der Waals surface area contributed by atoms with Crippen molar-refractivity contribution in [1.82, 2.24) is 9.78 Å². The summed E-state index contributed by atoms with van der Waals surface area (Å²) < 4.78 is 3.21. The normalized spacial score (nSPS) is 11.5. The lowest BCUT2D eigenvalue weighted by Gasteiger charge is -2.07. The van der Waals surface area contributed by atoms with Gasteiger partial charge in [-0.15, -0.1) is 11.3 Å². The molecule has 3 aromatic rings. The van der Waals surface area contributed by atoms with Crippen molar-refractivity contribution in [1.29, 1.82) is 0 Å². The predicted octanol–water partition coefficient (Wildman–Crippen LogP) is 4.09. The van der Waals surface area contributed by atoms with Gasteiger partial charge in [-0.3, -0.25) is 4.79 Å². The number of nitrogen functional groups attached to an aromatic ring is 1. The first-order valence-corrected chi connectivity index (χ1v) is 8.45. The van der Waals surface area contributed by atoms with Gasteiger partial charge in [0, 0.05) is 15.8 Å². The Morgan fingerprint density at radius 2 is 2.05 bits per heavy atom. The second kappa shape index (κ2) is 5.78. The molecule has 0 atom stereocenters. The molecule has 0 amide bonds. The molecule has 1 aromatic carbocycles. The van der Waals surface area contributed by atoms with Gasteiger partial charge < -0.3 is 5.73 Å². The first-order chi connectivity index (χ1) is 10.1. The lowest BCUT2D eigenvalue weighted by molar-refractivity contribution is 0.816. The highest BCUT2D eigenvalue weighted by Gasteiger charge is 2.14. The number of thiophene rings is 1. The number of benzene rings is 1. The third-order valence-electron chi connectivity index (χ3n) is 3.00. The molecule has 0 unspecified atom stereocenters. The van der Waals surface area contributed by atoms with E-state index in [1.807, 2.05) is 15.5 Å². The largest absolute Gasteiger partial charge is 0.390 e. The van der Waals surface area contributed by atoms with Crippen molar-refractivity contribution in [2.24, 2.45) is 0 Å². The Morgan fingerprint density at radius 1 is 1.33 bits per heavy atom. The molecular formula is C14H9ClIN3OS. The van der Waals surface area contributed by atoms with Crippen LogP contribution in [0.25, 0.3) is 22.5 Å². The lowest BCUT2D eigenvalue weighted by Crippen LogP contribution is -2.22. The summed E-state index contributed by atoms with van der Waals surface area (Å²) in [5.41, 5.74) is 7.08. The number of hydrogen-bond acceptors (Lipinski definition) is 4. The van der Waals surface area contributed by atoms with Gasteiger partial charge in [-0.1, -0.05) is 34.2 Å². The summed E-state index contributed by atoms with van der Waals surface area (Å²) in [5, 5.41) is 8.68. The van der Waals surface area contributed by atoms with Crippen molar-refractivity contribution >= 4 is 67.4 Å². The van der Waals surface area contributed by atoms with Crippen molar-refractivity contribution in [3.05, 3.63) is 54.8 Å². The second-order valence-electron chi connectivity index (χ2n) is 4.26. The lowest BCUT2D eigenvalue weighted by atomic mass is 10.2. The zero-order valence-corrected chi connectivity index (χ0v) is 14.3. The molecule has 21 heavy (non-hydrogen) atoms. The van der Waals surface area contributed by atoms with E-state index in [-0.39, 0.29) is 5.56 Å². The Hall–Kier alpha value is -1.38. The molecule has 0 aliphatic carbocycles. The van der Waals surface area contributed by atoms with E-state index < -0.39 is 0 Å². The standard InChI is InChI=1S/C14H9ClIN3OS/c15-8-1-3-9(4-2-8)19-14(20)12-10(7-21-13(12)17)11(18-19)5-6-16/h1-7H,17H2/b6-5+/i16-3. The summed E-state index contributed by atoms with van der Waals surface area (Å²) in [6, 6.07) is 6.95. The highest BCUT2D eigenvalue weighted by atomic mass is 124. The first-order valence-electron chi connectivity index (χ1n) is 5.94. The smallest absolute Gasteiger partial charge is 0.282 e. The van der Waals surface area contributed by atoms with Crippen LogP contribution < -0.4 is 11.3 Å². The van der Waals surface area contributed by atoms with Crippen LogP contribution in [0.4, 0.5) is 5.00 Å². The van der Waals surface area contributed by atoms with Gasteiger partial charge in [-0.2, -0.15) is 9.78 Å². The summed E-state index contributed by atoms with van der Waals surface area (Å²) in [5.74, 6) is 0. The quantitative estimate of drug-likeness (QED) is 0.628. The topological polar surface area (TPSA) is 60.9 Å². The third-order valence-corrected chi connectivity index (χ3v) is 4.42. The minimum Gasteiger partial charge on any atom is -0.390 e. The Bertz CT molecular complexity index is 899. The highest BCUT2D eigenvalue weighted by Crippen LogP contribution is 2.28.